The van der Waals surface area contributed by atoms with E-state index in [1.165, 1.54) is 0 Å². The van der Waals surface area contributed by atoms with Gasteiger partial charge in [0.05, 0.1) is 25.1 Å². The molecule has 2 aromatic carbocycles. The van der Waals surface area contributed by atoms with Gasteiger partial charge in [-0.2, -0.15) is 0 Å². The van der Waals surface area contributed by atoms with E-state index >= 15 is 0 Å². The topological polar surface area (TPSA) is 97.8 Å². The van der Waals surface area contributed by atoms with Crippen LogP contribution in [0.2, 0.25) is 0 Å². The first kappa shape index (κ1) is 41.0. The summed E-state index contributed by atoms with van der Waals surface area (Å²) < 4.78 is 22.6. The second-order valence-corrected chi connectivity index (χ2v) is 13.7. The Hall–Kier alpha value is -3.18. The fraction of sp³-hybridized carbons (Fsp3) is 0.595. The predicted molar refractivity (Wildman–Crippen MR) is 190 cm³/mol. The van der Waals surface area contributed by atoms with E-state index in [0.29, 0.717) is 38.2 Å². The zero-order valence-corrected chi connectivity index (χ0v) is 30.9. The van der Waals surface area contributed by atoms with Crippen LogP contribution in [0.4, 0.5) is 0 Å². The van der Waals surface area contributed by atoms with Crippen LogP contribution < -0.4 is 4.74 Å². The zero-order chi connectivity index (χ0) is 35.7. The monoisotopic (exact) mass is 689 g/mol. The van der Waals surface area contributed by atoms with Crippen molar-refractivity contribution in [1.29, 1.82) is 0 Å². The summed E-state index contributed by atoms with van der Waals surface area (Å²) >= 11 is 6.09. The highest BCUT2D eigenvalue weighted by Crippen LogP contribution is 2.33. The molecule has 2 atom stereocenters. The van der Waals surface area contributed by atoms with E-state index in [9.17, 15) is 14.4 Å². The van der Waals surface area contributed by atoms with E-state index in [2.05, 4.69) is 38.1 Å². The molecule has 0 spiro atoms. The van der Waals surface area contributed by atoms with Gasteiger partial charge in [-0.1, -0.05) is 50.2 Å². The molecule has 11 heteroatoms. The molecule has 2 unspecified atom stereocenters. The molecule has 0 bridgehead atoms. The van der Waals surface area contributed by atoms with Crippen molar-refractivity contribution in [3.05, 3.63) is 65.2 Å². The molecule has 0 aliphatic carbocycles. The second-order valence-electron chi connectivity index (χ2n) is 13.4. The van der Waals surface area contributed by atoms with Crippen molar-refractivity contribution in [2.24, 2.45) is 0 Å². The van der Waals surface area contributed by atoms with Crippen molar-refractivity contribution in [3.8, 4) is 5.75 Å². The van der Waals surface area contributed by atoms with Crippen molar-refractivity contribution in [1.82, 2.24) is 14.7 Å². The van der Waals surface area contributed by atoms with Gasteiger partial charge in [-0.05, 0) is 84.0 Å². The Kier molecular flexibility index (Phi) is 18.0. The zero-order valence-electron chi connectivity index (χ0n) is 30.1. The molecule has 0 aromatic heterocycles. The Morgan fingerprint density at radius 2 is 1.12 bits per heavy atom. The van der Waals surface area contributed by atoms with Crippen LogP contribution in [0, 0.1) is 0 Å². The van der Waals surface area contributed by atoms with Gasteiger partial charge in [-0.3, -0.25) is 14.4 Å². The van der Waals surface area contributed by atoms with Crippen molar-refractivity contribution < 1.29 is 33.3 Å². The molecule has 0 radical (unpaired) electrons. The van der Waals surface area contributed by atoms with E-state index in [4.69, 9.17) is 30.5 Å². The van der Waals surface area contributed by atoms with E-state index in [1.54, 1.807) is 0 Å². The summed E-state index contributed by atoms with van der Waals surface area (Å²) in [6, 6.07) is 16.3. The number of hydrogen-bond donors (Lipinski definition) is 0. The maximum Gasteiger partial charge on any atom is 0.307 e. The predicted octanol–water partition coefficient (Wildman–Crippen LogP) is 4.78. The molecule has 2 rings (SSSR count). The van der Waals surface area contributed by atoms with Crippen molar-refractivity contribution in [2.45, 2.75) is 63.6 Å². The summed E-state index contributed by atoms with van der Waals surface area (Å²) in [4.78, 5) is 42.5. The number of nitrogens with zero attached hydrogens (tertiary/aromatic N) is 3. The molecule has 0 heterocycles. The molecule has 0 amide bonds. The number of ether oxygens (including phenoxy) is 4. The Morgan fingerprint density at radius 1 is 0.667 bits per heavy atom. The number of aryl methyl sites for hydroxylation is 1. The van der Waals surface area contributed by atoms with E-state index in [1.807, 2.05) is 81.3 Å². The summed E-state index contributed by atoms with van der Waals surface area (Å²) in [5, 5.41) is 0. The highest BCUT2D eigenvalue weighted by Gasteiger charge is 2.24. The Morgan fingerprint density at radius 3 is 1.60 bits per heavy atom. The molecule has 0 N–H and O–H groups in total. The lowest BCUT2D eigenvalue weighted by Crippen LogP contribution is -2.32. The number of alkyl halides is 1. The largest absolute Gasteiger partial charge is 0.490 e. The third-order valence-electron chi connectivity index (χ3n) is 7.93. The lowest BCUT2D eigenvalue weighted by molar-refractivity contribution is -0.161. The molecular weight excluding hydrogens is 634 g/mol. The Balaban J connectivity index is 1.98. The van der Waals surface area contributed by atoms with Gasteiger partial charge in [-0.25, -0.2) is 0 Å². The first-order valence-electron chi connectivity index (χ1n) is 16.6. The fourth-order valence-corrected chi connectivity index (χ4v) is 4.93. The molecule has 0 saturated heterocycles. The number of rotatable bonds is 22. The number of hydrogen-bond acceptors (Lipinski definition) is 10. The van der Waals surface area contributed by atoms with Crippen LogP contribution >= 0.6 is 11.6 Å². The maximum atomic E-state index is 12.4. The number of carbonyl (C=O) groups excluding carboxylic acids is 3. The van der Waals surface area contributed by atoms with Gasteiger partial charge in [0.25, 0.3) is 0 Å². The standard InChI is InChI=1S/C37H56ClN3O7/c1-37(2,29-12-9-28(10-13-29)11-16-32(25-38)47-35(43)20-23-40(5)6)30-14-17-31(18-15-30)45-26-33(48-36(44)21-24-41(7)8)27-46-34(42)19-22-39(3)4/h9-10,12-15,17-18,32-33H,11,16,19-27H2,1-8H3. The van der Waals surface area contributed by atoms with Crippen molar-refractivity contribution in [3.63, 3.8) is 0 Å². The molecule has 2 aromatic rings. The van der Waals surface area contributed by atoms with E-state index < -0.39 is 6.10 Å². The molecule has 48 heavy (non-hydrogen) atoms. The van der Waals surface area contributed by atoms with Crippen molar-refractivity contribution in [2.75, 3.05) is 81.0 Å². The number of halogens is 1. The lowest BCUT2D eigenvalue weighted by Gasteiger charge is -2.27. The minimum atomic E-state index is -0.729. The normalized spacial score (nSPS) is 13.0. The minimum absolute atomic E-state index is 0.0543. The average molecular weight is 690 g/mol. The minimum Gasteiger partial charge on any atom is -0.490 e. The van der Waals surface area contributed by atoms with Gasteiger partial charge in [0.2, 0.25) is 0 Å². The van der Waals surface area contributed by atoms with Gasteiger partial charge >= 0.3 is 17.9 Å². The molecule has 0 fully saturated rings. The molecular formula is C37H56ClN3O7. The van der Waals surface area contributed by atoms with Crippen LogP contribution in [0.25, 0.3) is 0 Å². The summed E-state index contributed by atoms with van der Waals surface area (Å²) in [5.74, 6) is -0.0599. The van der Waals surface area contributed by atoms with Gasteiger partial charge in [0.15, 0.2) is 6.10 Å². The first-order chi connectivity index (χ1) is 22.7. The van der Waals surface area contributed by atoms with Crippen LogP contribution in [-0.2, 0) is 40.4 Å². The lowest BCUT2D eigenvalue weighted by atomic mass is 9.78. The molecule has 10 nitrogen and oxygen atoms in total. The Bertz CT molecular complexity index is 1250. The van der Waals surface area contributed by atoms with Gasteiger partial charge in [-0.15, -0.1) is 11.6 Å². The quantitative estimate of drug-likeness (QED) is 0.0976. The number of esters is 3. The Labute approximate surface area is 292 Å². The van der Waals surface area contributed by atoms with Crippen LogP contribution in [0.1, 0.15) is 56.2 Å². The first-order valence-corrected chi connectivity index (χ1v) is 17.1. The second kappa shape index (κ2) is 21.0. The summed E-state index contributed by atoms with van der Waals surface area (Å²) in [6.45, 7) is 6.09. The van der Waals surface area contributed by atoms with E-state index in [-0.39, 0.29) is 61.4 Å². The molecule has 0 aliphatic heterocycles. The third-order valence-corrected chi connectivity index (χ3v) is 8.27. The smallest absolute Gasteiger partial charge is 0.307 e. The molecule has 0 saturated carbocycles. The van der Waals surface area contributed by atoms with Crippen LogP contribution in [0.5, 0.6) is 5.75 Å². The highest BCUT2D eigenvalue weighted by molar-refractivity contribution is 6.18. The number of benzene rings is 2. The van der Waals surface area contributed by atoms with Crippen LogP contribution in [0.3, 0.4) is 0 Å². The number of carbonyl (C=O) groups is 3. The summed E-state index contributed by atoms with van der Waals surface area (Å²) in [7, 11) is 11.4. The van der Waals surface area contributed by atoms with Crippen LogP contribution in [0.15, 0.2) is 48.5 Å². The van der Waals surface area contributed by atoms with Gasteiger partial charge < -0.3 is 33.6 Å². The maximum absolute atomic E-state index is 12.4. The third kappa shape index (κ3) is 15.8. The van der Waals surface area contributed by atoms with Crippen molar-refractivity contribution >= 4 is 29.5 Å². The average Bonchev–Trinajstić information content (AvgIpc) is 3.05. The summed E-state index contributed by atoms with van der Waals surface area (Å²) in [6.07, 6.45) is 1.20. The fourth-order valence-electron chi connectivity index (χ4n) is 4.72. The van der Waals surface area contributed by atoms with Crippen LogP contribution in [-0.4, -0.2) is 126 Å². The van der Waals surface area contributed by atoms with E-state index in [0.717, 1.165) is 23.1 Å². The highest BCUT2D eigenvalue weighted by atomic mass is 35.5. The van der Waals surface area contributed by atoms with Gasteiger partial charge in [0, 0.05) is 25.0 Å². The SMILES string of the molecule is CN(C)CCC(=O)OCC(COc1ccc(C(C)(C)c2ccc(CCC(CCl)OC(=O)CCN(C)C)cc2)cc1)OC(=O)CCN(C)C. The molecule has 268 valence electrons. The van der Waals surface area contributed by atoms with Gasteiger partial charge in [0.1, 0.15) is 25.1 Å². The summed E-state index contributed by atoms with van der Waals surface area (Å²) in [5.41, 5.74) is 3.14. The molecule has 0 aliphatic rings.